The topological polar surface area (TPSA) is 41.1 Å². The summed E-state index contributed by atoms with van der Waals surface area (Å²) < 4.78 is 0.966. The van der Waals surface area contributed by atoms with Gasteiger partial charge in [0.1, 0.15) is 5.52 Å². The van der Waals surface area contributed by atoms with Crippen LogP contribution in [0.5, 0.6) is 0 Å². The number of nitrogens with zero attached hydrogens (tertiary/aromatic N) is 3. The molecule has 0 saturated carbocycles. The number of rotatable bonds is 3. The number of halogens is 1. The first-order valence-electron chi connectivity index (χ1n) is 6.17. The van der Waals surface area contributed by atoms with Crippen LogP contribution >= 0.6 is 15.9 Å². The molecule has 1 aliphatic rings. The van der Waals surface area contributed by atoms with Crippen molar-refractivity contribution in [1.82, 2.24) is 15.3 Å². The Hall–Kier alpha value is -1.20. The van der Waals surface area contributed by atoms with Gasteiger partial charge in [0.2, 0.25) is 0 Å². The van der Waals surface area contributed by atoms with Gasteiger partial charge in [-0.3, -0.25) is 9.97 Å². The first kappa shape index (κ1) is 11.9. The van der Waals surface area contributed by atoms with E-state index in [4.69, 9.17) is 0 Å². The first-order valence-corrected chi connectivity index (χ1v) is 6.96. The van der Waals surface area contributed by atoms with Gasteiger partial charge in [0.25, 0.3) is 0 Å². The SMILES string of the molecule is CCN(c1ccnc2cc(Br)cnc12)C1CNC1. The Morgan fingerprint density at radius 1 is 1.44 bits per heavy atom. The molecule has 5 heteroatoms. The zero-order chi connectivity index (χ0) is 12.5. The van der Waals surface area contributed by atoms with Crippen LogP contribution in [0.3, 0.4) is 0 Å². The van der Waals surface area contributed by atoms with Gasteiger partial charge in [-0.05, 0) is 35.0 Å². The molecule has 94 valence electrons. The number of aromatic nitrogens is 2. The summed E-state index contributed by atoms with van der Waals surface area (Å²) in [5.41, 5.74) is 3.10. The van der Waals surface area contributed by atoms with Crippen LogP contribution in [-0.4, -0.2) is 35.6 Å². The third-order valence-electron chi connectivity index (χ3n) is 3.37. The van der Waals surface area contributed by atoms with Crippen molar-refractivity contribution in [2.75, 3.05) is 24.5 Å². The molecule has 0 spiro atoms. The second-order valence-corrected chi connectivity index (χ2v) is 5.37. The Morgan fingerprint density at radius 2 is 2.28 bits per heavy atom. The van der Waals surface area contributed by atoms with Crippen molar-refractivity contribution in [3.8, 4) is 0 Å². The summed E-state index contributed by atoms with van der Waals surface area (Å²) in [6, 6.07) is 4.65. The predicted octanol–water partition coefficient (Wildman–Crippen LogP) is 2.19. The normalized spacial score (nSPS) is 15.7. The molecule has 0 aromatic carbocycles. The van der Waals surface area contributed by atoms with Gasteiger partial charge in [-0.15, -0.1) is 0 Å². The fourth-order valence-electron chi connectivity index (χ4n) is 2.34. The van der Waals surface area contributed by atoms with Gasteiger partial charge in [-0.2, -0.15) is 0 Å². The van der Waals surface area contributed by atoms with E-state index in [1.54, 1.807) is 0 Å². The molecule has 3 heterocycles. The van der Waals surface area contributed by atoms with Crippen LogP contribution in [0, 0.1) is 0 Å². The maximum atomic E-state index is 4.52. The number of hydrogen-bond donors (Lipinski definition) is 1. The molecule has 2 aromatic rings. The molecule has 0 amide bonds. The van der Waals surface area contributed by atoms with Crippen LogP contribution in [0.2, 0.25) is 0 Å². The minimum Gasteiger partial charge on any atom is -0.364 e. The lowest BCUT2D eigenvalue weighted by Gasteiger charge is -2.39. The summed E-state index contributed by atoms with van der Waals surface area (Å²) >= 11 is 3.44. The number of likely N-dealkylation sites (N-methyl/N-ethyl adjacent to an activating group) is 1. The summed E-state index contributed by atoms with van der Waals surface area (Å²) in [7, 11) is 0. The average Bonchev–Trinajstić information content (AvgIpc) is 2.32. The zero-order valence-electron chi connectivity index (χ0n) is 10.2. The Bertz CT molecular complexity index is 568. The number of anilines is 1. The van der Waals surface area contributed by atoms with Crippen molar-refractivity contribution in [3.63, 3.8) is 0 Å². The number of hydrogen-bond acceptors (Lipinski definition) is 4. The number of pyridine rings is 2. The van der Waals surface area contributed by atoms with E-state index in [1.165, 1.54) is 5.69 Å². The fourth-order valence-corrected chi connectivity index (χ4v) is 2.66. The highest BCUT2D eigenvalue weighted by molar-refractivity contribution is 9.10. The molecule has 1 saturated heterocycles. The van der Waals surface area contributed by atoms with Crippen LogP contribution in [0.15, 0.2) is 29.0 Å². The minimum absolute atomic E-state index is 0.575. The van der Waals surface area contributed by atoms with Crippen LogP contribution in [-0.2, 0) is 0 Å². The largest absolute Gasteiger partial charge is 0.364 e. The lowest BCUT2D eigenvalue weighted by molar-refractivity contribution is 0.418. The van der Waals surface area contributed by atoms with Crippen LogP contribution in [0.25, 0.3) is 11.0 Å². The van der Waals surface area contributed by atoms with Gasteiger partial charge in [0.15, 0.2) is 0 Å². The lowest BCUT2D eigenvalue weighted by atomic mass is 10.1. The predicted molar refractivity (Wildman–Crippen MR) is 76.9 cm³/mol. The molecule has 3 rings (SSSR count). The summed E-state index contributed by atoms with van der Waals surface area (Å²) in [6.45, 7) is 5.27. The third kappa shape index (κ3) is 1.97. The molecule has 2 aromatic heterocycles. The molecule has 0 radical (unpaired) electrons. The summed E-state index contributed by atoms with van der Waals surface area (Å²) in [4.78, 5) is 11.3. The van der Waals surface area contributed by atoms with Gasteiger partial charge < -0.3 is 10.2 Å². The average molecular weight is 307 g/mol. The van der Waals surface area contributed by atoms with E-state index in [1.807, 2.05) is 18.5 Å². The van der Waals surface area contributed by atoms with Crippen molar-refractivity contribution in [2.24, 2.45) is 0 Å². The molecule has 1 aliphatic heterocycles. The van der Waals surface area contributed by atoms with Gasteiger partial charge >= 0.3 is 0 Å². The van der Waals surface area contributed by atoms with Gasteiger partial charge in [-0.25, -0.2) is 0 Å². The van der Waals surface area contributed by atoms with Crippen LogP contribution in [0.4, 0.5) is 5.69 Å². The van der Waals surface area contributed by atoms with E-state index in [9.17, 15) is 0 Å². The number of fused-ring (bicyclic) bond motifs is 1. The smallest absolute Gasteiger partial charge is 0.112 e. The van der Waals surface area contributed by atoms with Crippen molar-refractivity contribution in [2.45, 2.75) is 13.0 Å². The molecule has 0 unspecified atom stereocenters. The summed E-state index contributed by atoms with van der Waals surface area (Å²) in [5.74, 6) is 0. The van der Waals surface area contributed by atoms with E-state index in [0.717, 1.165) is 35.1 Å². The zero-order valence-corrected chi connectivity index (χ0v) is 11.8. The summed E-state index contributed by atoms with van der Waals surface area (Å²) in [6.07, 6.45) is 3.70. The fraction of sp³-hybridized carbons (Fsp3) is 0.385. The molecule has 1 fully saturated rings. The highest BCUT2D eigenvalue weighted by Gasteiger charge is 2.25. The standard InChI is InChI=1S/C13H15BrN4/c1-2-18(10-7-15-8-10)12-3-4-16-11-5-9(14)6-17-13(11)12/h3-6,10,15H,2,7-8H2,1H3. The number of nitrogens with one attached hydrogen (secondary N) is 1. The third-order valence-corrected chi connectivity index (χ3v) is 3.81. The molecular formula is C13H15BrN4. The van der Waals surface area contributed by atoms with Gasteiger partial charge in [0, 0.05) is 36.5 Å². The Balaban J connectivity index is 2.09. The van der Waals surface area contributed by atoms with E-state index < -0.39 is 0 Å². The van der Waals surface area contributed by atoms with E-state index in [-0.39, 0.29) is 0 Å². The van der Waals surface area contributed by atoms with Crippen molar-refractivity contribution in [1.29, 1.82) is 0 Å². The van der Waals surface area contributed by atoms with E-state index in [0.29, 0.717) is 6.04 Å². The summed E-state index contributed by atoms with van der Waals surface area (Å²) in [5, 5.41) is 3.32. The lowest BCUT2D eigenvalue weighted by Crippen LogP contribution is -2.57. The van der Waals surface area contributed by atoms with Crippen molar-refractivity contribution < 1.29 is 0 Å². The molecule has 0 atom stereocenters. The minimum atomic E-state index is 0.575. The van der Waals surface area contributed by atoms with E-state index >= 15 is 0 Å². The highest BCUT2D eigenvalue weighted by Crippen LogP contribution is 2.27. The molecular weight excluding hydrogens is 292 g/mol. The molecule has 4 nitrogen and oxygen atoms in total. The van der Waals surface area contributed by atoms with Crippen molar-refractivity contribution in [3.05, 3.63) is 29.0 Å². The second-order valence-electron chi connectivity index (χ2n) is 4.45. The molecule has 0 aliphatic carbocycles. The monoisotopic (exact) mass is 306 g/mol. The molecule has 1 N–H and O–H groups in total. The second kappa shape index (κ2) is 4.82. The highest BCUT2D eigenvalue weighted by atomic mass is 79.9. The van der Waals surface area contributed by atoms with Crippen LogP contribution < -0.4 is 10.2 Å². The van der Waals surface area contributed by atoms with E-state index in [2.05, 4.69) is 49.1 Å². The van der Waals surface area contributed by atoms with Crippen LogP contribution in [0.1, 0.15) is 6.92 Å². The Labute approximate surface area is 115 Å². The Morgan fingerprint density at radius 3 is 2.94 bits per heavy atom. The first-order chi connectivity index (χ1) is 8.79. The Kier molecular flexibility index (Phi) is 3.18. The maximum absolute atomic E-state index is 4.52. The molecule has 0 bridgehead atoms. The van der Waals surface area contributed by atoms with Crippen molar-refractivity contribution >= 4 is 32.7 Å². The quantitative estimate of drug-likeness (QED) is 0.944. The molecule has 18 heavy (non-hydrogen) atoms. The maximum Gasteiger partial charge on any atom is 0.112 e. The van der Waals surface area contributed by atoms with Gasteiger partial charge in [0.05, 0.1) is 17.2 Å². The van der Waals surface area contributed by atoms with Gasteiger partial charge in [-0.1, -0.05) is 0 Å².